The normalized spacial score (nSPS) is 17.8. The van der Waals surface area contributed by atoms with Crippen LogP contribution in [0.5, 0.6) is 0 Å². The van der Waals surface area contributed by atoms with E-state index in [1.54, 1.807) is 0 Å². The molecule has 0 unspecified atom stereocenters. The molecule has 1 aromatic rings. The zero-order valence-electron chi connectivity index (χ0n) is 11.6. The summed E-state index contributed by atoms with van der Waals surface area (Å²) in [6.45, 7) is 2.74. The summed E-state index contributed by atoms with van der Waals surface area (Å²) in [5, 5.41) is 0. The number of rotatable bonds is 3. The molecule has 4 nitrogen and oxygen atoms in total. The molecule has 0 bridgehead atoms. The molecule has 0 aromatic heterocycles. The smallest absolute Gasteiger partial charge is 0.425 e. The lowest BCUT2D eigenvalue weighted by Gasteiger charge is -2.21. The molecule has 1 heterocycles. The van der Waals surface area contributed by atoms with Gasteiger partial charge in [-0.3, -0.25) is 9.80 Å². The van der Waals surface area contributed by atoms with Crippen molar-refractivity contribution in [2.24, 2.45) is 0 Å². The van der Waals surface area contributed by atoms with E-state index in [9.17, 15) is 18.0 Å². The van der Waals surface area contributed by atoms with Gasteiger partial charge >= 0.3 is 12.3 Å². The number of hydrogen-bond donors (Lipinski definition) is 0. The van der Waals surface area contributed by atoms with Crippen molar-refractivity contribution < 1.29 is 22.7 Å². The van der Waals surface area contributed by atoms with Crippen LogP contribution < -0.4 is 0 Å². The van der Waals surface area contributed by atoms with E-state index < -0.39 is 18.4 Å². The van der Waals surface area contributed by atoms with Crippen LogP contribution in [0.4, 0.5) is 18.0 Å². The summed E-state index contributed by atoms with van der Waals surface area (Å²) >= 11 is 0. The molecule has 1 fully saturated rings. The minimum atomic E-state index is -4.53. The number of halogens is 3. The van der Waals surface area contributed by atoms with E-state index in [0.717, 1.165) is 12.5 Å². The first kappa shape index (κ1) is 15.6. The lowest BCUT2D eigenvalue weighted by Crippen LogP contribution is -2.38. The minimum Gasteiger partial charge on any atom is -0.437 e. The van der Waals surface area contributed by atoms with Crippen LogP contribution in [-0.2, 0) is 11.3 Å². The van der Waals surface area contributed by atoms with Gasteiger partial charge in [-0.15, -0.1) is 0 Å². The molecule has 1 amide bonds. The van der Waals surface area contributed by atoms with Gasteiger partial charge in [-0.25, -0.2) is 4.79 Å². The fraction of sp³-hybridized carbons (Fsp3) is 0.500. The standard InChI is InChI=1S/C14H17F3N2O2/c1-11(14(15,16)17)21-13(20)19-8-7-18(10-19)9-12-5-3-2-4-6-12/h2-6,11H,7-10H2,1H3/t11-/m0/s1. The zero-order chi connectivity index (χ0) is 15.5. The first-order valence-electron chi connectivity index (χ1n) is 6.65. The van der Waals surface area contributed by atoms with Crippen molar-refractivity contribution in [1.82, 2.24) is 9.80 Å². The number of carbonyl (C=O) groups is 1. The summed E-state index contributed by atoms with van der Waals surface area (Å²) in [4.78, 5) is 14.9. The van der Waals surface area contributed by atoms with Crippen molar-refractivity contribution in [3.8, 4) is 0 Å². The Morgan fingerprint density at radius 1 is 1.29 bits per heavy atom. The number of nitrogens with zero attached hydrogens (tertiary/aromatic N) is 2. The third-order valence-electron chi connectivity index (χ3n) is 3.30. The van der Waals surface area contributed by atoms with Crippen molar-refractivity contribution >= 4 is 6.09 Å². The van der Waals surface area contributed by atoms with Gasteiger partial charge < -0.3 is 4.74 Å². The average Bonchev–Trinajstić information content (AvgIpc) is 2.87. The third-order valence-corrected chi connectivity index (χ3v) is 3.30. The molecule has 1 aliphatic rings. The molecule has 1 aliphatic heterocycles. The number of hydrogen-bond acceptors (Lipinski definition) is 3. The van der Waals surface area contributed by atoms with Crippen LogP contribution in [0, 0.1) is 0 Å². The number of benzene rings is 1. The Kier molecular flexibility index (Phi) is 4.72. The Bertz CT molecular complexity index is 479. The van der Waals surface area contributed by atoms with Gasteiger partial charge in [0.25, 0.3) is 0 Å². The molecule has 0 spiro atoms. The Labute approximate surface area is 121 Å². The SMILES string of the molecule is C[C@H](OC(=O)N1CCN(Cc2ccccc2)C1)C(F)(F)F. The van der Waals surface area contributed by atoms with Crippen molar-refractivity contribution in [3.63, 3.8) is 0 Å². The molecule has 21 heavy (non-hydrogen) atoms. The van der Waals surface area contributed by atoms with Crippen molar-refractivity contribution in [2.75, 3.05) is 19.8 Å². The second kappa shape index (κ2) is 6.34. The van der Waals surface area contributed by atoms with Crippen LogP contribution in [0.1, 0.15) is 12.5 Å². The highest BCUT2D eigenvalue weighted by Gasteiger charge is 2.40. The van der Waals surface area contributed by atoms with Crippen LogP contribution in [0.25, 0.3) is 0 Å². The van der Waals surface area contributed by atoms with Gasteiger partial charge in [0.05, 0.1) is 6.67 Å². The summed E-state index contributed by atoms with van der Waals surface area (Å²) in [5.41, 5.74) is 1.09. The molecule has 2 rings (SSSR count). The van der Waals surface area contributed by atoms with E-state index in [0.29, 0.717) is 19.6 Å². The molecular weight excluding hydrogens is 285 g/mol. The van der Waals surface area contributed by atoms with E-state index in [1.165, 1.54) is 4.90 Å². The van der Waals surface area contributed by atoms with Crippen molar-refractivity contribution in [1.29, 1.82) is 0 Å². The van der Waals surface area contributed by atoms with Crippen LogP contribution in [0.2, 0.25) is 0 Å². The van der Waals surface area contributed by atoms with Crippen LogP contribution in [0.15, 0.2) is 30.3 Å². The Morgan fingerprint density at radius 2 is 1.95 bits per heavy atom. The molecule has 1 aromatic carbocycles. The van der Waals surface area contributed by atoms with Crippen LogP contribution in [0.3, 0.4) is 0 Å². The predicted molar refractivity (Wildman–Crippen MR) is 70.4 cm³/mol. The summed E-state index contributed by atoms with van der Waals surface area (Å²) in [5.74, 6) is 0. The minimum absolute atomic E-state index is 0.276. The highest BCUT2D eigenvalue weighted by molar-refractivity contribution is 5.68. The first-order chi connectivity index (χ1) is 9.86. The lowest BCUT2D eigenvalue weighted by atomic mass is 10.2. The fourth-order valence-corrected chi connectivity index (χ4v) is 2.06. The Balaban J connectivity index is 1.83. The van der Waals surface area contributed by atoms with Crippen LogP contribution in [-0.4, -0.2) is 47.9 Å². The summed E-state index contributed by atoms with van der Waals surface area (Å²) < 4.78 is 41.5. The van der Waals surface area contributed by atoms with Gasteiger partial charge in [0.1, 0.15) is 0 Å². The molecule has 0 aliphatic carbocycles. The second-order valence-electron chi connectivity index (χ2n) is 5.01. The van der Waals surface area contributed by atoms with E-state index in [-0.39, 0.29) is 6.67 Å². The van der Waals surface area contributed by atoms with Crippen molar-refractivity contribution in [3.05, 3.63) is 35.9 Å². The van der Waals surface area contributed by atoms with E-state index in [2.05, 4.69) is 4.74 Å². The molecule has 1 atom stereocenters. The van der Waals surface area contributed by atoms with Crippen molar-refractivity contribution in [2.45, 2.75) is 25.7 Å². The Morgan fingerprint density at radius 3 is 2.57 bits per heavy atom. The van der Waals surface area contributed by atoms with Gasteiger partial charge in [-0.2, -0.15) is 13.2 Å². The lowest BCUT2D eigenvalue weighted by molar-refractivity contribution is -0.199. The molecule has 1 saturated heterocycles. The predicted octanol–water partition coefficient (Wildman–Crippen LogP) is 2.85. The highest BCUT2D eigenvalue weighted by atomic mass is 19.4. The molecule has 0 radical (unpaired) electrons. The fourth-order valence-electron chi connectivity index (χ4n) is 2.06. The van der Waals surface area contributed by atoms with Gasteiger partial charge in [0.15, 0.2) is 6.10 Å². The number of carbonyl (C=O) groups excluding carboxylic acids is 1. The third kappa shape index (κ3) is 4.35. The Hall–Kier alpha value is -1.76. The summed E-state index contributed by atoms with van der Waals surface area (Å²) in [6.07, 6.45) is -7.54. The van der Waals surface area contributed by atoms with Gasteiger partial charge in [0, 0.05) is 19.6 Å². The molecular formula is C14H17F3N2O2. The summed E-state index contributed by atoms with van der Waals surface area (Å²) in [7, 11) is 0. The molecule has 0 saturated carbocycles. The zero-order valence-corrected chi connectivity index (χ0v) is 11.6. The quantitative estimate of drug-likeness (QED) is 0.861. The number of amides is 1. The largest absolute Gasteiger partial charge is 0.437 e. The average molecular weight is 302 g/mol. The van der Waals surface area contributed by atoms with Gasteiger partial charge in [-0.1, -0.05) is 30.3 Å². The van der Waals surface area contributed by atoms with Gasteiger partial charge in [-0.05, 0) is 12.5 Å². The maximum absolute atomic E-state index is 12.4. The van der Waals surface area contributed by atoms with Gasteiger partial charge in [0.2, 0.25) is 0 Å². The summed E-state index contributed by atoms with van der Waals surface area (Å²) in [6, 6.07) is 9.68. The van der Waals surface area contributed by atoms with E-state index in [1.807, 2.05) is 35.2 Å². The van der Waals surface area contributed by atoms with E-state index in [4.69, 9.17) is 0 Å². The molecule has 7 heteroatoms. The monoisotopic (exact) mass is 302 g/mol. The topological polar surface area (TPSA) is 32.8 Å². The maximum Gasteiger partial charge on any atom is 0.425 e. The number of alkyl halides is 3. The second-order valence-corrected chi connectivity index (χ2v) is 5.01. The first-order valence-corrected chi connectivity index (χ1v) is 6.65. The molecule has 0 N–H and O–H groups in total. The van der Waals surface area contributed by atoms with E-state index >= 15 is 0 Å². The highest BCUT2D eigenvalue weighted by Crippen LogP contribution is 2.23. The molecule has 116 valence electrons. The van der Waals surface area contributed by atoms with Crippen LogP contribution >= 0.6 is 0 Å². The maximum atomic E-state index is 12.4. The number of ether oxygens (including phenoxy) is 1.